The predicted molar refractivity (Wildman–Crippen MR) is 64.3 cm³/mol. The number of hydrogen-bond donors (Lipinski definition) is 0. The molecule has 3 heteroatoms. The Morgan fingerprint density at radius 1 is 1.40 bits per heavy atom. The molecule has 82 valence electrons. The molecule has 1 aromatic rings. The van der Waals surface area contributed by atoms with Gasteiger partial charge in [-0.05, 0) is 22.4 Å². The van der Waals surface area contributed by atoms with Gasteiger partial charge in [0.15, 0.2) is 5.01 Å². The van der Waals surface area contributed by atoms with Gasteiger partial charge in [0.2, 0.25) is 5.78 Å². The van der Waals surface area contributed by atoms with Crippen LogP contribution in [-0.2, 0) is 4.74 Å². The van der Waals surface area contributed by atoms with Gasteiger partial charge in [0, 0.05) is 12.2 Å². The lowest BCUT2D eigenvalue weighted by Crippen LogP contribution is -2.18. The van der Waals surface area contributed by atoms with Crippen LogP contribution in [0.15, 0.2) is 30.3 Å². The maximum atomic E-state index is 11.8. The Bertz CT molecular complexity index is 298. The van der Waals surface area contributed by atoms with Crippen molar-refractivity contribution in [3.05, 3.63) is 35.9 Å². The first-order chi connectivity index (χ1) is 7.25. The molecular formula is C12H15BrO2. The zero-order valence-electron chi connectivity index (χ0n) is 8.78. The number of Topliss-reactive ketones (excluding diaryl/α,β-unsaturated/α-hetero) is 1. The highest BCUT2D eigenvalue weighted by atomic mass is 79.9. The summed E-state index contributed by atoms with van der Waals surface area (Å²) in [6, 6.07) is 9.16. The van der Waals surface area contributed by atoms with Gasteiger partial charge < -0.3 is 4.74 Å². The minimum absolute atomic E-state index is 0.0216. The van der Waals surface area contributed by atoms with Gasteiger partial charge in [-0.15, -0.1) is 0 Å². The molecular weight excluding hydrogens is 256 g/mol. The largest absolute Gasteiger partial charge is 0.359 e. The molecule has 15 heavy (non-hydrogen) atoms. The highest BCUT2D eigenvalue weighted by molar-refractivity contribution is 9.09. The highest BCUT2D eigenvalue weighted by Crippen LogP contribution is 2.11. The SMILES string of the molecule is CCCCOC(Br)C(=O)c1ccccc1. The minimum Gasteiger partial charge on any atom is -0.359 e. The maximum absolute atomic E-state index is 11.8. The van der Waals surface area contributed by atoms with Crippen LogP contribution in [-0.4, -0.2) is 17.4 Å². The second kappa shape index (κ2) is 6.75. The molecule has 0 aliphatic carbocycles. The Morgan fingerprint density at radius 2 is 2.07 bits per heavy atom. The van der Waals surface area contributed by atoms with Gasteiger partial charge >= 0.3 is 0 Å². The fourth-order valence-electron chi connectivity index (χ4n) is 1.14. The van der Waals surface area contributed by atoms with E-state index in [0.29, 0.717) is 12.2 Å². The van der Waals surface area contributed by atoms with Gasteiger partial charge in [-0.25, -0.2) is 0 Å². The molecule has 0 saturated carbocycles. The number of carbonyl (C=O) groups excluding carboxylic acids is 1. The molecule has 0 aromatic heterocycles. The van der Waals surface area contributed by atoms with Crippen LogP contribution in [0.1, 0.15) is 30.1 Å². The summed E-state index contributed by atoms with van der Waals surface area (Å²) in [7, 11) is 0. The number of halogens is 1. The Hall–Kier alpha value is -0.670. The minimum atomic E-state index is -0.522. The van der Waals surface area contributed by atoms with Gasteiger partial charge in [-0.1, -0.05) is 43.7 Å². The fourth-order valence-corrected chi connectivity index (χ4v) is 1.59. The Morgan fingerprint density at radius 3 is 2.67 bits per heavy atom. The number of rotatable bonds is 6. The molecule has 0 N–H and O–H groups in total. The van der Waals surface area contributed by atoms with E-state index in [0.717, 1.165) is 12.8 Å². The van der Waals surface area contributed by atoms with Crippen molar-refractivity contribution >= 4 is 21.7 Å². The normalized spacial score (nSPS) is 12.4. The summed E-state index contributed by atoms with van der Waals surface area (Å²) < 4.78 is 5.37. The van der Waals surface area contributed by atoms with Gasteiger partial charge in [-0.2, -0.15) is 0 Å². The summed E-state index contributed by atoms with van der Waals surface area (Å²) in [6.07, 6.45) is 2.05. The molecule has 0 spiro atoms. The average Bonchev–Trinajstić information content (AvgIpc) is 2.29. The van der Waals surface area contributed by atoms with Crippen LogP contribution >= 0.6 is 15.9 Å². The van der Waals surface area contributed by atoms with E-state index in [1.165, 1.54) is 0 Å². The van der Waals surface area contributed by atoms with Crippen LogP contribution < -0.4 is 0 Å². The second-order valence-corrected chi connectivity index (χ2v) is 4.10. The van der Waals surface area contributed by atoms with E-state index in [1.54, 1.807) is 12.1 Å². The lowest BCUT2D eigenvalue weighted by molar-refractivity contribution is 0.0688. The number of alkyl halides is 1. The summed E-state index contributed by atoms with van der Waals surface area (Å²) in [5.74, 6) is -0.0216. The first kappa shape index (κ1) is 12.4. The topological polar surface area (TPSA) is 26.3 Å². The lowest BCUT2D eigenvalue weighted by Gasteiger charge is -2.09. The van der Waals surface area contributed by atoms with Crippen molar-refractivity contribution < 1.29 is 9.53 Å². The van der Waals surface area contributed by atoms with Crippen molar-refractivity contribution in [2.45, 2.75) is 24.8 Å². The van der Waals surface area contributed by atoms with Crippen molar-refractivity contribution in [1.82, 2.24) is 0 Å². The average molecular weight is 271 g/mol. The van der Waals surface area contributed by atoms with E-state index >= 15 is 0 Å². The summed E-state index contributed by atoms with van der Waals surface area (Å²) in [5, 5.41) is -0.522. The summed E-state index contributed by atoms with van der Waals surface area (Å²) in [4.78, 5) is 11.8. The smallest absolute Gasteiger partial charge is 0.202 e. The van der Waals surface area contributed by atoms with E-state index in [1.807, 2.05) is 18.2 Å². The van der Waals surface area contributed by atoms with Crippen molar-refractivity contribution in [3.8, 4) is 0 Å². The van der Waals surface area contributed by atoms with Crippen LogP contribution in [0.5, 0.6) is 0 Å². The first-order valence-electron chi connectivity index (χ1n) is 5.10. The third kappa shape index (κ3) is 4.14. The Kier molecular flexibility index (Phi) is 5.58. The Labute approximate surface area is 98.8 Å². The fraction of sp³-hybridized carbons (Fsp3) is 0.417. The number of unbranched alkanes of at least 4 members (excludes halogenated alkanes) is 1. The molecule has 1 unspecified atom stereocenters. The molecule has 2 nitrogen and oxygen atoms in total. The van der Waals surface area contributed by atoms with E-state index in [-0.39, 0.29) is 5.78 Å². The quantitative estimate of drug-likeness (QED) is 0.450. The van der Waals surface area contributed by atoms with E-state index < -0.39 is 5.01 Å². The van der Waals surface area contributed by atoms with Crippen LogP contribution in [0.3, 0.4) is 0 Å². The molecule has 1 rings (SSSR count). The number of hydrogen-bond acceptors (Lipinski definition) is 2. The van der Waals surface area contributed by atoms with Gasteiger partial charge in [0.1, 0.15) is 0 Å². The zero-order valence-corrected chi connectivity index (χ0v) is 10.4. The van der Waals surface area contributed by atoms with Crippen LogP contribution in [0.4, 0.5) is 0 Å². The highest BCUT2D eigenvalue weighted by Gasteiger charge is 2.16. The van der Waals surface area contributed by atoms with E-state index in [9.17, 15) is 4.79 Å². The van der Waals surface area contributed by atoms with E-state index in [2.05, 4.69) is 22.9 Å². The maximum Gasteiger partial charge on any atom is 0.202 e. The third-order valence-electron chi connectivity index (χ3n) is 2.03. The standard InChI is InChI=1S/C12H15BrO2/c1-2-3-9-15-12(13)11(14)10-7-5-4-6-8-10/h4-8,12H,2-3,9H2,1H3. The number of carbonyl (C=O) groups is 1. The van der Waals surface area contributed by atoms with Crippen molar-refractivity contribution in [1.29, 1.82) is 0 Å². The van der Waals surface area contributed by atoms with Crippen molar-refractivity contribution in [3.63, 3.8) is 0 Å². The monoisotopic (exact) mass is 270 g/mol. The Balaban J connectivity index is 2.46. The third-order valence-corrected chi connectivity index (χ3v) is 2.71. The molecule has 1 atom stereocenters. The lowest BCUT2D eigenvalue weighted by atomic mass is 10.1. The molecule has 0 fully saturated rings. The molecule has 0 aliphatic rings. The van der Waals surface area contributed by atoms with Crippen molar-refractivity contribution in [2.75, 3.05) is 6.61 Å². The molecule has 0 amide bonds. The van der Waals surface area contributed by atoms with Gasteiger partial charge in [-0.3, -0.25) is 4.79 Å². The number of benzene rings is 1. The molecule has 0 bridgehead atoms. The zero-order chi connectivity index (χ0) is 11.1. The van der Waals surface area contributed by atoms with Crippen LogP contribution in [0.2, 0.25) is 0 Å². The number of ketones is 1. The first-order valence-corrected chi connectivity index (χ1v) is 6.02. The molecule has 0 aliphatic heterocycles. The molecule has 0 radical (unpaired) electrons. The molecule has 1 aromatic carbocycles. The predicted octanol–water partition coefficient (Wildman–Crippen LogP) is 3.41. The summed E-state index contributed by atoms with van der Waals surface area (Å²) >= 11 is 3.24. The van der Waals surface area contributed by atoms with Gasteiger partial charge in [0.25, 0.3) is 0 Å². The van der Waals surface area contributed by atoms with Crippen LogP contribution in [0, 0.1) is 0 Å². The molecule has 0 heterocycles. The van der Waals surface area contributed by atoms with Crippen molar-refractivity contribution in [2.24, 2.45) is 0 Å². The van der Waals surface area contributed by atoms with Gasteiger partial charge in [0.05, 0.1) is 0 Å². The second-order valence-electron chi connectivity index (χ2n) is 3.27. The van der Waals surface area contributed by atoms with E-state index in [4.69, 9.17) is 4.74 Å². The van der Waals surface area contributed by atoms with Crippen LogP contribution in [0.25, 0.3) is 0 Å². The summed E-state index contributed by atoms with van der Waals surface area (Å²) in [5.41, 5.74) is 0.677. The number of ether oxygens (including phenoxy) is 1. The summed E-state index contributed by atoms with van der Waals surface area (Å²) in [6.45, 7) is 2.70. The molecule has 0 saturated heterocycles.